The molecule has 10 heteroatoms. The van der Waals surface area contributed by atoms with Crippen LogP contribution in [0.5, 0.6) is 5.75 Å². The van der Waals surface area contributed by atoms with Crippen LogP contribution in [0.3, 0.4) is 0 Å². The molecule has 8 nitrogen and oxygen atoms in total. The number of halogens is 1. The van der Waals surface area contributed by atoms with E-state index in [-0.39, 0.29) is 27.3 Å². The predicted octanol–water partition coefficient (Wildman–Crippen LogP) is 4.27. The van der Waals surface area contributed by atoms with Crippen molar-refractivity contribution < 1.29 is 18.9 Å². The first kappa shape index (κ1) is 17.9. The third kappa shape index (κ3) is 3.68. The van der Waals surface area contributed by atoms with Crippen LogP contribution >= 0.6 is 23.4 Å². The quantitative estimate of drug-likeness (QED) is 0.348. The molecule has 3 aromatic rings. The maximum Gasteiger partial charge on any atom is 0.284 e. The van der Waals surface area contributed by atoms with Crippen LogP contribution in [0.4, 0.5) is 5.69 Å². The third-order valence-electron chi connectivity index (χ3n) is 3.31. The number of methoxy groups -OCH3 is 1. The van der Waals surface area contributed by atoms with Crippen molar-refractivity contribution in [1.29, 1.82) is 0 Å². The Hall–Kier alpha value is -2.91. The van der Waals surface area contributed by atoms with Crippen molar-refractivity contribution in [3.63, 3.8) is 0 Å². The van der Waals surface area contributed by atoms with Gasteiger partial charge in [0.1, 0.15) is 12.0 Å². The number of nitro groups is 1. The van der Waals surface area contributed by atoms with Crippen molar-refractivity contribution in [3.8, 4) is 17.2 Å². The highest BCUT2D eigenvalue weighted by Crippen LogP contribution is 2.37. The number of aromatic nitrogens is 2. The fourth-order valence-electron chi connectivity index (χ4n) is 2.14. The van der Waals surface area contributed by atoms with E-state index >= 15 is 0 Å². The van der Waals surface area contributed by atoms with Crippen molar-refractivity contribution in [2.24, 2.45) is 0 Å². The molecule has 0 aliphatic heterocycles. The van der Waals surface area contributed by atoms with Crippen LogP contribution in [0.15, 0.2) is 50.9 Å². The molecule has 0 saturated carbocycles. The lowest BCUT2D eigenvalue weighted by molar-refractivity contribution is -0.387. The van der Waals surface area contributed by atoms with Gasteiger partial charge in [0, 0.05) is 16.7 Å². The Balaban J connectivity index is 1.94. The number of ether oxygens (including phenoxy) is 1. The highest BCUT2D eigenvalue weighted by molar-refractivity contribution is 7.99. The van der Waals surface area contributed by atoms with E-state index in [0.717, 1.165) is 11.8 Å². The van der Waals surface area contributed by atoms with Gasteiger partial charge in [0.25, 0.3) is 16.8 Å². The molecule has 0 fully saturated rings. The van der Waals surface area contributed by atoms with Gasteiger partial charge in [-0.05, 0) is 36.0 Å². The smallest absolute Gasteiger partial charge is 0.284 e. The van der Waals surface area contributed by atoms with E-state index < -0.39 is 4.92 Å². The van der Waals surface area contributed by atoms with Crippen LogP contribution in [0, 0.1) is 10.1 Å². The lowest BCUT2D eigenvalue weighted by Gasteiger charge is -2.04. The van der Waals surface area contributed by atoms with E-state index in [9.17, 15) is 14.9 Å². The van der Waals surface area contributed by atoms with E-state index in [1.807, 2.05) is 0 Å². The summed E-state index contributed by atoms with van der Waals surface area (Å²) >= 11 is 6.91. The van der Waals surface area contributed by atoms with Gasteiger partial charge in [0.05, 0.1) is 22.5 Å². The van der Waals surface area contributed by atoms with Gasteiger partial charge in [-0.2, -0.15) is 0 Å². The summed E-state index contributed by atoms with van der Waals surface area (Å²) in [5.41, 5.74) is 0.487. The summed E-state index contributed by atoms with van der Waals surface area (Å²) in [5.74, 6) is 0.662. The summed E-state index contributed by atoms with van der Waals surface area (Å²) in [6.45, 7) is 0. The van der Waals surface area contributed by atoms with Crippen molar-refractivity contribution >= 4 is 35.3 Å². The minimum atomic E-state index is -0.577. The molecule has 0 bridgehead atoms. The molecule has 0 N–H and O–H groups in total. The first-order valence-electron chi connectivity index (χ1n) is 7.10. The molecule has 1 aromatic heterocycles. The molecule has 2 aromatic carbocycles. The van der Waals surface area contributed by atoms with Gasteiger partial charge in [0.15, 0.2) is 0 Å². The van der Waals surface area contributed by atoms with Gasteiger partial charge in [-0.1, -0.05) is 17.7 Å². The fourth-order valence-corrected chi connectivity index (χ4v) is 3.07. The number of nitro benzene ring substituents is 1. The molecule has 0 amide bonds. The average molecular weight is 392 g/mol. The van der Waals surface area contributed by atoms with Gasteiger partial charge in [-0.25, -0.2) is 0 Å². The first-order chi connectivity index (χ1) is 12.5. The Morgan fingerprint density at radius 3 is 2.77 bits per heavy atom. The Morgan fingerprint density at radius 1 is 1.27 bits per heavy atom. The minimum absolute atomic E-state index is 0.101. The topological polar surface area (TPSA) is 108 Å². The van der Waals surface area contributed by atoms with Gasteiger partial charge in [-0.15, -0.1) is 10.2 Å². The lowest BCUT2D eigenvalue weighted by atomic mass is 10.2. The summed E-state index contributed by atoms with van der Waals surface area (Å²) in [6.07, 6.45) is 0.539. The van der Waals surface area contributed by atoms with Crippen LogP contribution in [-0.4, -0.2) is 28.5 Å². The molecule has 0 unspecified atom stereocenters. The summed E-state index contributed by atoms with van der Waals surface area (Å²) in [7, 11) is 1.50. The maximum atomic E-state index is 11.2. The van der Waals surface area contributed by atoms with Crippen LogP contribution in [0.1, 0.15) is 10.4 Å². The molecule has 0 atom stereocenters. The largest absolute Gasteiger partial charge is 0.496 e. The molecule has 132 valence electrons. The number of carbonyl (C=O) groups excluding carboxylic acids is 1. The summed E-state index contributed by atoms with van der Waals surface area (Å²) < 4.78 is 10.8. The Bertz CT molecular complexity index is 992. The molecule has 1 heterocycles. The molecule has 0 spiro atoms. The number of nitrogens with zero attached hydrogens (tertiary/aromatic N) is 3. The second-order valence-electron chi connectivity index (χ2n) is 4.92. The van der Waals surface area contributed by atoms with Gasteiger partial charge >= 0.3 is 0 Å². The third-order valence-corrected chi connectivity index (χ3v) is 4.45. The number of benzene rings is 2. The van der Waals surface area contributed by atoms with Gasteiger partial charge < -0.3 is 9.15 Å². The number of hydrogen-bond donors (Lipinski definition) is 0. The van der Waals surface area contributed by atoms with Gasteiger partial charge in [-0.3, -0.25) is 14.9 Å². The maximum absolute atomic E-state index is 11.2. The normalized spacial score (nSPS) is 10.5. The molecule has 0 saturated heterocycles. The number of rotatable bonds is 6. The van der Waals surface area contributed by atoms with Crippen molar-refractivity contribution in [2.45, 2.75) is 10.1 Å². The van der Waals surface area contributed by atoms with Crippen molar-refractivity contribution in [1.82, 2.24) is 10.2 Å². The standard InChI is InChI=1S/C16H10ClN3O5S/c1-24-13-4-3-10(17)7-11(13)15-18-19-16(25-15)26-14-5-2-9(8-21)6-12(14)20(22)23/h2-8H,1H3. The zero-order valence-electron chi connectivity index (χ0n) is 13.2. The monoisotopic (exact) mass is 391 g/mol. The lowest BCUT2D eigenvalue weighted by Crippen LogP contribution is -1.93. The predicted molar refractivity (Wildman–Crippen MR) is 93.9 cm³/mol. The highest BCUT2D eigenvalue weighted by Gasteiger charge is 2.20. The number of aldehydes is 1. The van der Waals surface area contributed by atoms with E-state index in [4.69, 9.17) is 20.8 Å². The minimum Gasteiger partial charge on any atom is -0.496 e. The summed E-state index contributed by atoms with van der Waals surface area (Å²) in [5, 5.41) is 19.6. The van der Waals surface area contributed by atoms with Crippen molar-refractivity contribution in [3.05, 3.63) is 57.1 Å². The van der Waals surface area contributed by atoms with E-state index in [1.165, 1.54) is 25.3 Å². The molecule has 0 radical (unpaired) electrons. The molecule has 3 rings (SSSR count). The van der Waals surface area contributed by atoms with E-state index in [0.29, 0.717) is 22.6 Å². The summed E-state index contributed by atoms with van der Waals surface area (Å²) in [6, 6.07) is 9.05. The molecule has 0 aliphatic carbocycles. The second kappa shape index (κ2) is 7.54. The molecular formula is C16H10ClN3O5S. The molecule has 26 heavy (non-hydrogen) atoms. The summed E-state index contributed by atoms with van der Waals surface area (Å²) in [4.78, 5) is 21.7. The SMILES string of the molecule is COc1ccc(Cl)cc1-c1nnc(Sc2ccc(C=O)cc2[N+](=O)[O-])o1. The highest BCUT2D eigenvalue weighted by atomic mass is 35.5. The van der Waals surface area contributed by atoms with Crippen LogP contribution in [-0.2, 0) is 0 Å². The van der Waals surface area contributed by atoms with E-state index in [2.05, 4.69) is 10.2 Å². The molecular weight excluding hydrogens is 382 g/mol. The Labute approximate surface area is 156 Å². The van der Waals surface area contributed by atoms with Gasteiger partial charge in [0.2, 0.25) is 0 Å². The van der Waals surface area contributed by atoms with Crippen LogP contribution in [0.25, 0.3) is 11.5 Å². The Kier molecular flexibility index (Phi) is 5.19. The van der Waals surface area contributed by atoms with E-state index in [1.54, 1.807) is 18.2 Å². The van der Waals surface area contributed by atoms with Crippen LogP contribution in [0.2, 0.25) is 5.02 Å². The zero-order valence-corrected chi connectivity index (χ0v) is 14.8. The zero-order chi connectivity index (χ0) is 18.7. The van der Waals surface area contributed by atoms with Crippen molar-refractivity contribution in [2.75, 3.05) is 7.11 Å². The number of hydrogen-bond acceptors (Lipinski definition) is 8. The number of carbonyl (C=O) groups is 1. The molecule has 0 aliphatic rings. The Morgan fingerprint density at radius 2 is 2.08 bits per heavy atom. The fraction of sp³-hybridized carbons (Fsp3) is 0.0625. The average Bonchev–Trinajstić information content (AvgIpc) is 3.10. The first-order valence-corrected chi connectivity index (χ1v) is 8.30. The second-order valence-corrected chi connectivity index (χ2v) is 6.35. The van der Waals surface area contributed by atoms with Crippen LogP contribution < -0.4 is 4.74 Å².